The lowest BCUT2D eigenvalue weighted by Crippen LogP contribution is -2.21. The Hall–Kier alpha value is -5.30. The fourth-order valence-corrected chi connectivity index (χ4v) is 14.9. The zero-order valence-electron chi connectivity index (χ0n) is 90.3. The second-order valence-electron chi connectivity index (χ2n) is 37.7. The highest BCUT2D eigenvalue weighted by Crippen LogP contribution is 2.19. The summed E-state index contributed by atoms with van der Waals surface area (Å²) in [6.07, 6.45) is 105. The summed E-state index contributed by atoms with van der Waals surface area (Å²) in [4.78, 5) is 101. The van der Waals surface area contributed by atoms with Crippen molar-refractivity contribution in [3.05, 3.63) is 0 Å². The molecule has 0 amide bonds. The molecule has 135 heavy (non-hydrogen) atoms. The number of unbranched alkanes of at least 4 members (excludes halogenated alkanes) is 75. The van der Waals surface area contributed by atoms with Crippen molar-refractivity contribution in [2.24, 2.45) is 0 Å². The van der Waals surface area contributed by atoms with Crippen LogP contribution in [0.2, 0.25) is 0 Å². The molecule has 0 saturated heterocycles. The molecule has 0 saturated carbocycles. The summed E-state index contributed by atoms with van der Waals surface area (Å²) in [5.74, 6) is -9.12. The molecular weight excluding hydrogens is 1700 g/mol. The SMILES string of the molecule is CCCCCCC(=O)[O-].CCCCCCCC(=O)[O-].CCCCCCCCC(=O)[O-].CCCCCCCCCC(=O)[O-].CCCCCCCCCCC(=O)[O-].CCCCCCCCCCCC(=O)[O-].CCCCCCCCCCCCC(=O)[O-].CCCCCCCCCCCCCC(=O)[O-].CCCCCCCCCCCCCCC(=O)[O-].CCCCCCCCCCCCCCCC(=O)[O-]. The van der Waals surface area contributed by atoms with E-state index in [9.17, 15) is 99.0 Å². The third kappa shape index (κ3) is 208. The monoisotopic (exact) mass is 1920 g/mol. The summed E-state index contributed by atoms with van der Waals surface area (Å²) in [5.41, 5.74) is 0. The summed E-state index contributed by atoms with van der Waals surface area (Å²) in [6, 6.07) is 0. The van der Waals surface area contributed by atoms with Crippen molar-refractivity contribution in [2.75, 3.05) is 0 Å². The van der Waals surface area contributed by atoms with E-state index < -0.39 is 59.7 Å². The molecule has 0 N–H and O–H groups in total. The van der Waals surface area contributed by atoms with Crippen LogP contribution in [0.1, 0.15) is 679 Å². The summed E-state index contributed by atoms with van der Waals surface area (Å²) in [6.45, 7) is 22.0. The Labute approximate surface area is 833 Å². The van der Waals surface area contributed by atoms with Gasteiger partial charge in [0.1, 0.15) is 0 Å². The Balaban J connectivity index is -0.000000162. The molecule has 0 heterocycles. The van der Waals surface area contributed by atoms with Gasteiger partial charge in [-0.15, -0.1) is 0 Å². The fourth-order valence-electron chi connectivity index (χ4n) is 14.9. The highest BCUT2D eigenvalue weighted by molar-refractivity contribution is 5.66. The molecule has 0 bridgehead atoms. The molecule has 0 atom stereocenters. The number of carbonyl (C=O) groups excluding carboxylic acids is 10. The second-order valence-corrected chi connectivity index (χ2v) is 37.7. The number of carboxylic acids is 10. The quantitative estimate of drug-likeness (QED) is 0.0510. The van der Waals surface area contributed by atoms with Crippen LogP contribution >= 0.6 is 0 Å². The normalized spacial score (nSPS) is 10.3. The van der Waals surface area contributed by atoms with Crippen LogP contribution in [-0.4, -0.2) is 59.7 Å². The number of aliphatic carboxylic acids is 10. The predicted octanol–water partition coefficient (Wildman–Crippen LogP) is 24.6. The van der Waals surface area contributed by atoms with E-state index in [4.69, 9.17) is 0 Å². The van der Waals surface area contributed by atoms with Gasteiger partial charge >= 0.3 is 0 Å². The number of carboxylic acid groups (broad SMARTS) is 10. The van der Waals surface area contributed by atoms with E-state index >= 15 is 0 Å². The van der Waals surface area contributed by atoms with Crippen molar-refractivity contribution in [1.29, 1.82) is 0 Å². The molecule has 0 radical (unpaired) electrons. The molecule has 20 heteroatoms. The molecular formula is C115H220O20-10. The topological polar surface area (TPSA) is 401 Å². The molecule has 0 aromatic heterocycles. The van der Waals surface area contributed by atoms with Crippen LogP contribution in [0.3, 0.4) is 0 Å². The van der Waals surface area contributed by atoms with Crippen LogP contribution in [0.5, 0.6) is 0 Å². The van der Waals surface area contributed by atoms with Crippen LogP contribution in [0, 0.1) is 0 Å². The molecule has 0 fully saturated rings. The molecule has 0 unspecified atom stereocenters. The molecule has 20 nitrogen and oxygen atoms in total. The average Bonchev–Trinajstić information content (AvgIpc) is 2.05. The zero-order valence-corrected chi connectivity index (χ0v) is 90.3. The first kappa shape index (κ1) is 150. The molecule has 0 aliphatic carbocycles. The Morgan fingerprint density at radius 1 is 0.0889 bits per heavy atom. The van der Waals surface area contributed by atoms with E-state index in [2.05, 4.69) is 69.2 Å². The standard InChI is InChI=1S/C16H32O2.C15H30O2.C14H28O2.C13H26O2.C12H24O2.C11H22O2.C10H20O2.C9H18O2.C8H16O2.C7H14O2/c1-2-3-4-5-6-7-8-9-10-11-12-13-14-15-16(17)18;1-2-3-4-5-6-7-8-9-10-11-12-13-14-15(16)17;1-2-3-4-5-6-7-8-9-10-11-12-13-14(15)16;1-2-3-4-5-6-7-8-9-10-11-12-13(14)15;1-2-3-4-5-6-7-8-9-10-11-12(13)14;1-2-3-4-5-6-7-8-9-10-11(12)13;1-2-3-4-5-6-7-8-9-10(11)12;1-2-3-4-5-6-7-8-9(10)11;1-2-3-4-5-6-7-8(9)10;1-2-3-4-5-6-7(8)9/h2-15H2,1H3,(H,17,18);2-14H2,1H3,(H,16,17);2-13H2,1H3,(H,15,16);2-12H2,1H3,(H,14,15);2-11H2,1H3,(H,13,14);2-10H2,1H3,(H,12,13);2-9H2,1H3,(H,11,12);2-8H2,1H3,(H,10,11);2-7H2,1H3,(H,9,10);2-6H2,1H3,(H,8,9)/p-10. The summed E-state index contributed by atoms with van der Waals surface area (Å²) in [5, 5.41) is 101. The van der Waals surface area contributed by atoms with Gasteiger partial charge in [0.2, 0.25) is 0 Å². The average molecular weight is 1920 g/mol. The first-order chi connectivity index (χ1) is 65.2. The van der Waals surface area contributed by atoms with Gasteiger partial charge in [0, 0.05) is 59.7 Å². The van der Waals surface area contributed by atoms with Gasteiger partial charge in [-0.25, -0.2) is 0 Å². The van der Waals surface area contributed by atoms with Crippen LogP contribution in [0.4, 0.5) is 0 Å². The number of rotatable bonds is 95. The van der Waals surface area contributed by atoms with Crippen molar-refractivity contribution >= 4 is 59.7 Å². The van der Waals surface area contributed by atoms with E-state index in [-0.39, 0.29) is 64.2 Å². The molecule has 0 aliphatic rings. The Bertz CT molecular complexity index is 2300. The third-order valence-electron chi connectivity index (χ3n) is 23.6. The van der Waals surface area contributed by atoms with E-state index in [1.54, 1.807) is 0 Å². The molecule has 810 valence electrons. The lowest BCUT2D eigenvalue weighted by Gasteiger charge is -2.03. The van der Waals surface area contributed by atoms with Crippen LogP contribution in [0.25, 0.3) is 0 Å². The predicted molar refractivity (Wildman–Crippen MR) is 545 cm³/mol. The fraction of sp³-hybridized carbons (Fsp3) is 0.913. The molecule has 0 aliphatic heterocycles. The van der Waals surface area contributed by atoms with Gasteiger partial charge in [-0.3, -0.25) is 0 Å². The smallest absolute Gasteiger partial charge is 0.0414 e. The van der Waals surface area contributed by atoms with E-state index in [1.807, 2.05) is 0 Å². The summed E-state index contributed by atoms with van der Waals surface area (Å²) in [7, 11) is 0. The van der Waals surface area contributed by atoms with Crippen LogP contribution in [-0.2, 0) is 47.9 Å². The van der Waals surface area contributed by atoms with Gasteiger partial charge in [0.15, 0.2) is 0 Å². The van der Waals surface area contributed by atoms with Gasteiger partial charge in [-0.05, 0) is 128 Å². The van der Waals surface area contributed by atoms with Gasteiger partial charge in [0.25, 0.3) is 0 Å². The van der Waals surface area contributed by atoms with Gasteiger partial charge < -0.3 is 99.0 Å². The van der Waals surface area contributed by atoms with Crippen molar-refractivity contribution in [2.45, 2.75) is 679 Å². The number of carbonyl (C=O) groups is 10. The molecule has 0 aromatic carbocycles. The molecule has 0 rings (SSSR count). The van der Waals surface area contributed by atoms with E-state index in [0.29, 0.717) is 0 Å². The first-order valence-corrected chi connectivity index (χ1v) is 57.2. The van der Waals surface area contributed by atoms with Crippen molar-refractivity contribution < 1.29 is 99.0 Å². The van der Waals surface area contributed by atoms with Crippen LogP contribution in [0.15, 0.2) is 0 Å². The molecule has 0 spiro atoms. The summed E-state index contributed by atoms with van der Waals surface area (Å²) >= 11 is 0. The van der Waals surface area contributed by atoms with Gasteiger partial charge in [-0.1, -0.05) is 551 Å². The van der Waals surface area contributed by atoms with E-state index in [0.717, 1.165) is 148 Å². The molecule has 0 aromatic rings. The Morgan fingerprint density at radius 2 is 0.133 bits per heavy atom. The largest absolute Gasteiger partial charge is 0.550 e. The van der Waals surface area contributed by atoms with Gasteiger partial charge in [-0.2, -0.15) is 0 Å². The minimum Gasteiger partial charge on any atom is -0.550 e. The lowest BCUT2D eigenvalue weighted by molar-refractivity contribution is -0.307. The maximum absolute atomic E-state index is 10.2. The maximum Gasteiger partial charge on any atom is 0.0414 e. The maximum atomic E-state index is 10.2. The Morgan fingerprint density at radius 3 is 0.185 bits per heavy atom. The number of hydrogen-bond acceptors (Lipinski definition) is 20. The summed E-state index contributed by atoms with van der Waals surface area (Å²) < 4.78 is 0. The first-order valence-electron chi connectivity index (χ1n) is 57.2. The minimum absolute atomic E-state index is 0.222. The Kier molecular flexibility index (Phi) is 163. The van der Waals surface area contributed by atoms with Crippen molar-refractivity contribution in [1.82, 2.24) is 0 Å². The lowest BCUT2D eigenvalue weighted by atomic mass is 10.0. The van der Waals surface area contributed by atoms with Crippen molar-refractivity contribution in [3.63, 3.8) is 0 Å². The minimum atomic E-state index is -0.925. The van der Waals surface area contributed by atoms with Gasteiger partial charge in [0.05, 0.1) is 0 Å². The zero-order chi connectivity index (χ0) is 103. The van der Waals surface area contributed by atoms with E-state index in [1.165, 1.54) is 398 Å². The third-order valence-corrected chi connectivity index (χ3v) is 23.6. The second kappa shape index (κ2) is 146. The van der Waals surface area contributed by atoms with Crippen molar-refractivity contribution in [3.8, 4) is 0 Å². The van der Waals surface area contributed by atoms with Crippen LogP contribution < -0.4 is 51.1 Å². The highest BCUT2D eigenvalue weighted by atomic mass is 16.4. The number of hydrogen-bond donors (Lipinski definition) is 0. The highest BCUT2D eigenvalue weighted by Gasteiger charge is 2.02.